The lowest BCUT2D eigenvalue weighted by Crippen LogP contribution is -2.10. The number of halogens is 1. The van der Waals surface area contributed by atoms with Crippen molar-refractivity contribution in [2.24, 2.45) is 5.73 Å². The van der Waals surface area contributed by atoms with Crippen LogP contribution in [0.4, 0.5) is 0 Å². The molecule has 2 N–H and O–H groups in total. The Labute approximate surface area is 115 Å². The fraction of sp³-hybridized carbons (Fsp3) is 0.286. The Kier molecular flexibility index (Phi) is 4.58. The van der Waals surface area contributed by atoms with Gasteiger partial charge in [-0.05, 0) is 45.6 Å². The van der Waals surface area contributed by atoms with Gasteiger partial charge in [0.2, 0.25) is 0 Å². The molecular formula is C14H16BrNO2. The van der Waals surface area contributed by atoms with Crippen LogP contribution in [0.1, 0.15) is 22.9 Å². The molecule has 0 fully saturated rings. The zero-order valence-electron chi connectivity index (χ0n) is 10.2. The van der Waals surface area contributed by atoms with Crippen molar-refractivity contribution in [3.63, 3.8) is 0 Å². The molecule has 96 valence electrons. The van der Waals surface area contributed by atoms with Crippen molar-refractivity contribution in [1.82, 2.24) is 0 Å². The molecular weight excluding hydrogens is 294 g/mol. The minimum Gasteiger partial charge on any atom is -0.452 e. The van der Waals surface area contributed by atoms with E-state index in [1.807, 2.05) is 24.3 Å². The Balaban J connectivity index is 2.09. The average Bonchev–Trinajstić information content (AvgIpc) is 2.83. The van der Waals surface area contributed by atoms with E-state index in [-0.39, 0.29) is 6.04 Å². The number of benzene rings is 1. The molecule has 0 aliphatic carbocycles. The normalized spacial score (nSPS) is 12.6. The summed E-state index contributed by atoms with van der Waals surface area (Å²) in [6.45, 7) is 0.733. The van der Waals surface area contributed by atoms with Gasteiger partial charge in [-0.1, -0.05) is 24.3 Å². The molecule has 0 spiro atoms. The van der Waals surface area contributed by atoms with E-state index >= 15 is 0 Å². The highest BCUT2D eigenvalue weighted by molar-refractivity contribution is 9.10. The molecule has 1 aromatic heterocycles. The first kappa shape index (κ1) is 13.3. The molecule has 2 rings (SSSR count). The molecule has 1 unspecified atom stereocenters. The van der Waals surface area contributed by atoms with E-state index in [0.29, 0.717) is 4.67 Å². The Morgan fingerprint density at radius 1 is 1.22 bits per heavy atom. The second-order valence-corrected chi connectivity index (χ2v) is 4.89. The molecule has 0 aliphatic rings. The molecule has 0 radical (unpaired) electrons. The molecule has 0 saturated heterocycles. The van der Waals surface area contributed by atoms with Gasteiger partial charge in [0, 0.05) is 7.11 Å². The summed E-state index contributed by atoms with van der Waals surface area (Å²) in [5.41, 5.74) is 8.42. The summed E-state index contributed by atoms with van der Waals surface area (Å²) in [6.07, 6.45) is 0.915. The van der Waals surface area contributed by atoms with Crippen molar-refractivity contribution < 1.29 is 9.15 Å². The number of hydrogen-bond acceptors (Lipinski definition) is 3. The predicted molar refractivity (Wildman–Crippen MR) is 74.5 cm³/mol. The van der Waals surface area contributed by atoms with Gasteiger partial charge in [-0.2, -0.15) is 0 Å². The number of furan rings is 1. The van der Waals surface area contributed by atoms with E-state index in [4.69, 9.17) is 14.9 Å². The molecule has 1 heterocycles. The first-order chi connectivity index (χ1) is 8.70. The van der Waals surface area contributed by atoms with Crippen LogP contribution in [0, 0.1) is 0 Å². The average molecular weight is 310 g/mol. The third kappa shape index (κ3) is 3.22. The van der Waals surface area contributed by atoms with E-state index in [1.165, 1.54) is 5.56 Å². The number of nitrogens with two attached hydrogens (primary N) is 1. The van der Waals surface area contributed by atoms with Crippen molar-refractivity contribution in [3.8, 4) is 0 Å². The van der Waals surface area contributed by atoms with E-state index in [9.17, 15) is 0 Å². The van der Waals surface area contributed by atoms with Crippen LogP contribution in [0.25, 0.3) is 0 Å². The van der Waals surface area contributed by atoms with Gasteiger partial charge >= 0.3 is 0 Å². The number of hydrogen-bond donors (Lipinski definition) is 1. The molecule has 0 amide bonds. The number of ether oxygens (including phenoxy) is 1. The first-order valence-corrected chi connectivity index (χ1v) is 6.58. The fourth-order valence-electron chi connectivity index (χ4n) is 1.77. The maximum absolute atomic E-state index is 6.14. The SMILES string of the molecule is COCCc1ccc(C(N)c2ccc(Br)o2)cc1. The maximum Gasteiger partial charge on any atom is 0.169 e. The van der Waals surface area contributed by atoms with Crippen molar-refractivity contribution in [2.45, 2.75) is 12.5 Å². The van der Waals surface area contributed by atoms with E-state index in [1.54, 1.807) is 7.11 Å². The highest BCUT2D eigenvalue weighted by Gasteiger charge is 2.12. The van der Waals surface area contributed by atoms with Crippen LogP contribution >= 0.6 is 15.9 Å². The van der Waals surface area contributed by atoms with Crippen LogP contribution < -0.4 is 5.73 Å². The van der Waals surface area contributed by atoms with Gasteiger partial charge in [0.15, 0.2) is 4.67 Å². The van der Waals surface area contributed by atoms with Crippen LogP contribution in [0.2, 0.25) is 0 Å². The lowest BCUT2D eigenvalue weighted by atomic mass is 10.0. The first-order valence-electron chi connectivity index (χ1n) is 5.79. The predicted octanol–water partition coefficient (Wildman–Crippen LogP) is 3.28. The van der Waals surface area contributed by atoms with Crippen molar-refractivity contribution in [3.05, 3.63) is 58.0 Å². The summed E-state index contributed by atoms with van der Waals surface area (Å²) in [7, 11) is 1.71. The van der Waals surface area contributed by atoms with Crippen molar-refractivity contribution in [1.29, 1.82) is 0 Å². The highest BCUT2D eigenvalue weighted by atomic mass is 79.9. The largest absolute Gasteiger partial charge is 0.452 e. The van der Waals surface area contributed by atoms with Crippen molar-refractivity contribution in [2.75, 3.05) is 13.7 Å². The van der Waals surface area contributed by atoms with E-state index in [2.05, 4.69) is 28.1 Å². The van der Waals surface area contributed by atoms with Gasteiger partial charge < -0.3 is 14.9 Å². The summed E-state index contributed by atoms with van der Waals surface area (Å²) in [5, 5.41) is 0. The Morgan fingerprint density at radius 2 is 1.94 bits per heavy atom. The summed E-state index contributed by atoms with van der Waals surface area (Å²) in [4.78, 5) is 0. The van der Waals surface area contributed by atoms with Crippen LogP contribution in [-0.2, 0) is 11.2 Å². The number of rotatable bonds is 5. The smallest absolute Gasteiger partial charge is 0.169 e. The van der Waals surface area contributed by atoms with Crippen LogP contribution in [0.3, 0.4) is 0 Å². The molecule has 3 nitrogen and oxygen atoms in total. The highest BCUT2D eigenvalue weighted by Crippen LogP contribution is 2.24. The zero-order chi connectivity index (χ0) is 13.0. The lowest BCUT2D eigenvalue weighted by Gasteiger charge is -2.10. The molecule has 1 atom stereocenters. The molecule has 1 aromatic carbocycles. The number of methoxy groups -OCH3 is 1. The minimum absolute atomic E-state index is 0.229. The third-order valence-electron chi connectivity index (χ3n) is 2.83. The Bertz CT molecular complexity index is 493. The Hall–Kier alpha value is -1.10. The van der Waals surface area contributed by atoms with Crippen LogP contribution in [0.15, 0.2) is 45.5 Å². The fourth-order valence-corrected chi connectivity index (χ4v) is 2.09. The summed E-state index contributed by atoms with van der Waals surface area (Å²) in [5.74, 6) is 0.756. The molecule has 0 bridgehead atoms. The van der Waals surface area contributed by atoms with Gasteiger partial charge in [0.05, 0.1) is 12.6 Å². The van der Waals surface area contributed by atoms with Gasteiger partial charge in [-0.3, -0.25) is 0 Å². The van der Waals surface area contributed by atoms with Crippen molar-refractivity contribution >= 4 is 15.9 Å². The molecule has 0 saturated carbocycles. The topological polar surface area (TPSA) is 48.4 Å². The van der Waals surface area contributed by atoms with Crippen LogP contribution in [0.5, 0.6) is 0 Å². The summed E-state index contributed by atoms with van der Waals surface area (Å²) < 4.78 is 11.2. The second-order valence-electron chi connectivity index (χ2n) is 4.10. The van der Waals surface area contributed by atoms with E-state index < -0.39 is 0 Å². The molecule has 2 aromatic rings. The zero-order valence-corrected chi connectivity index (χ0v) is 11.8. The molecule has 4 heteroatoms. The molecule has 18 heavy (non-hydrogen) atoms. The summed E-state index contributed by atoms with van der Waals surface area (Å²) >= 11 is 3.28. The van der Waals surface area contributed by atoms with Crippen LogP contribution in [-0.4, -0.2) is 13.7 Å². The quantitative estimate of drug-likeness (QED) is 0.922. The Morgan fingerprint density at radius 3 is 2.50 bits per heavy atom. The van der Waals surface area contributed by atoms with E-state index in [0.717, 1.165) is 24.4 Å². The maximum atomic E-state index is 6.14. The monoisotopic (exact) mass is 309 g/mol. The second kappa shape index (κ2) is 6.18. The lowest BCUT2D eigenvalue weighted by molar-refractivity contribution is 0.202. The van der Waals surface area contributed by atoms with Gasteiger partial charge in [0.1, 0.15) is 5.76 Å². The standard InChI is InChI=1S/C14H16BrNO2/c1-17-9-8-10-2-4-11(5-3-10)14(16)12-6-7-13(15)18-12/h2-7,14H,8-9,16H2,1H3. The van der Waals surface area contributed by atoms with Gasteiger partial charge in [0.25, 0.3) is 0 Å². The summed E-state index contributed by atoms with van der Waals surface area (Å²) in [6, 6.07) is 11.7. The van der Waals surface area contributed by atoms with Gasteiger partial charge in [-0.15, -0.1) is 0 Å². The molecule has 0 aliphatic heterocycles. The minimum atomic E-state index is -0.229. The third-order valence-corrected chi connectivity index (χ3v) is 3.26. The van der Waals surface area contributed by atoms with Gasteiger partial charge in [-0.25, -0.2) is 0 Å².